The SMILES string of the molecule is CN(C)C1CCN(C(=O)C2CCC(N)C2)C1. The molecule has 1 heterocycles. The number of hydrogen-bond donors (Lipinski definition) is 1. The van der Waals surface area contributed by atoms with Crippen LogP contribution in [-0.2, 0) is 4.79 Å². The van der Waals surface area contributed by atoms with E-state index in [1.165, 1.54) is 0 Å². The number of likely N-dealkylation sites (N-methyl/N-ethyl adjacent to an activating group) is 1. The lowest BCUT2D eigenvalue weighted by atomic mass is 10.1. The average Bonchev–Trinajstić information content (AvgIpc) is 2.84. The molecule has 0 bridgehead atoms. The molecule has 0 aromatic carbocycles. The van der Waals surface area contributed by atoms with Crippen molar-refractivity contribution in [3.05, 3.63) is 0 Å². The molecule has 92 valence electrons. The van der Waals surface area contributed by atoms with Gasteiger partial charge in [-0.05, 0) is 39.8 Å². The maximum absolute atomic E-state index is 12.2. The lowest BCUT2D eigenvalue weighted by Crippen LogP contribution is -2.37. The summed E-state index contributed by atoms with van der Waals surface area (Å²) in [6.07, 6.45) is 4.00. The maximum Gasteiger partial charge on any atom is 0.225 e. The maximum atomic E-state index is 12.2. The number of hydrogen-bond acceptors (Lipinski definition) is 3. The minimum Gasteiger partial charge on any atom is -0.341 e. The second-order valence-corrected chi connectivity index (χ2v) is 5.46. The molecule has 4 nitrogen and oxygen atoms in total. The van der Waals surface area contributed by atoms with E-state index in [0.717, 1.165) is 38.8 Å². The van der Waals surface area contributed by atoms with Crippen molar-refractivity contribution < 1.29 is 4.79 Å². The highest BCUT2D eigenvalue weighted by Crippen LogP contribution is 2.27. The molecule has 2 N–H and O–H groups in total. The Morgan fingerprint density at radius 3 is 2.56 bits per heavy atom. The number of nitrogens with two attached hydrogens (primary N) is 1. The summed E-state index contributed by atoms with van der Waals surface area (Å²) in [6, 6.07) is 0.792. The van der Waals surface area contributed by atoms with E-state index >= 15 is 0 Å². The van der Waals surface area contributed by atoms with Gasteiger partial charge in [0.15, 0.2) is 0 Å². The summed E-state index contributed by atoms with van der Waals surface area (Å²) in [7, 11) is 4.17. The summed E-state index contributed by atoms with van der Waals surface area (Å²) in [6.45, 7) is 1.82. The molecule has 1 saturated carbocycles. The third kappa shape index (κ3) is 2.38. The molecule has 2 fully saturated rings. The van der Waals surface area contributed by atoms with Crippen molar-refractivity contribution >= 4 is 5.91 Å². The van der Waals surface area contributed by atoms with Crippen molar-refractivity contribution in [1.82, 2.24) is 9.80 Å². The van der Waals surface area contributed by atoms with E-state index in [0.29, 0.717) is 11.9 Å². The predicted octanol–water partition coefficient (Wildman–Crippen LogP) is 0.276. The zero-order chi connectivity index (χ0) is 11.7. The molecular weight excluding hydrogens is 202 g/mol. The van der Waals surface area contributed by atoms with Gasteiger partial charge in [0.1, 0.15) is 0 Å². The van der Waals surface area contributed by atoms with Crippen molar-refractivity contribution in [2.75, 3.05) is 27.2 Å². The molecule has 16 heavy (non-hydrogen) atoms. The van der Waals surface area contributed by atoms with E-state index in [1.807, 2.05) is 4.90 Å². The monoisotopic (exact) mass is 225 g/mol. The van der Waals surface area contributed by atoms with Gasteiger partial charge in [0.05, 0.1) is 0 Å². The largest absolute Gasteiger partial charge is 0.341 e. The summed E-state index contributed by atoms with van der Waals surface area (Å²) in [4.78, 5) is 16.5. The number of rotatable bonds is 2. The van der Waals surface area contributed by atoms with E-state index in [1.54, 1.807) is 0 Å². The standard InChI is InChI=1S/C12H23N3O/c1-14(2)11-5-6-15(8-11)12(16)9-3-4-10(13)7-9/h9-11H,3-8,13H2,1-2H3. The molecular formula is C12H23N3O. The van der Waals surface area contributed by atoms with E-state index in [2.05, 4.69) is 19.0 Å². The first kappa shape index (κ1) is 11.9. The smallest absolute Gasteiger partial charge is 0.225 e. The van der Waals surface area contributed by atoms with Crippen LogP contribution in [0.2, 0.25) is 0 Å². The fraction of sp³-hybridized carbons (Fsp3) is 0.917. The van der Waals surface area contributed by atoms with Crippen molar-refractivity contribution in [2.45, 2.75) is 37.8 Å². The molecule has 3 unspecified atom stereocenters. The Hall–Kier alpha value is -0.610. The minimum absolute atomic E-state index is 0.205. The molecule has 0 spiro atoms. The molecule has 2 rings (SSSR count). The molecule has 1 amide bonds. The van der Waals surface area contributed by atoms with Gasteiger partial charge in [0.25, 0.3) is 0 Å². The van der Waals surface area contributed by atoms with Crippen molar-refractivity contribution in [3.63, 3.8) is 0 Å². The highest BCUT2D eigenvalue weighted by Gasteiger charge is 2.34. The van der Waals surface area contributed by atoms with Crippen LogP contribution in [0.25, 0.3) is 0 Å². The summed E-state index contributed by atoms with van der Waals surface area (Å²) in [5.74, 6) is 0.549. The Morgan fingerprint density at radius 2 is 2.06 bits per heavy atom. The molecule has 0 aromatic rings. The predicted molar refractivity (Wildman–Crippen MR) is 64.0 cm³/mol. The highest BCUT2D eigenvalue weighted by atomic mass is 16.2. The topological polar surface area (TPSA) is 49.6 Å². The van der Waals surface area contributed by atoms with Crippen LogP contribution < -0.4 is 5.73 Å². The summed E-state index contributed by atoms with van der Waals surface area (Å²) in [5, 5.41) is 0. The third-order valence-electron chi connectivity index (χ3n) is 4.03. The third-order valence-corrected chi connectivity index (χ3v) is 4.03. The van der Waals surface area contributed by atoms with Gasteiger partial charge in [-0.25, -0.2) is 0 Å². The number of amides is 1. The average molecular weight is 225 g/mol. The molecule has 4 heteroatoms. The summed E-state index contributed by atoms with van der Waals surface area (Å²) < 4.78 is 0. The van der Waals surface area contributed by atoms with Crippen molar-refractivity contribution in [2.24, 2.45) is 11.7 Å². The summed E-state index contributed by atoms with van der Waals surface area (Å²) in [5.41, 5.74) is 5.86. The van der Waals surface area contributed by atoms with Crippen LogP contribution in [0.3, 0.4) is 0 Å². The van der Waals surface area contributed by atoms with Crippen molar-refractivity contribution in [3.8, 4) is 0 Å². The molecule has 0 radical (unpaired) electrons. The number of carbonyl (C=O) groups is 1. The highest BCUT2D eigenvalue weighted by molar-refractivity contribution is 5.79. The van der Waals surface area contributed by atoms with E-state index in [9.17, 15) is 4.79 Å². The van der Waals surface area contributed by atoms with Gasteiger partial charge < -0.3 is 15.5 Å². The Bertz CT molecular complexity index is 267. The molecule has 1 aliphatic heterocycles. The Morgan fingerprint density at radius 1 is 1.31 bits per heavy atom. The van der Waals surface area contributed by atoms with Crippen LogP contribution in [-0.4, -0.2) is 55.0 Å². The van der Waals surface area contributed by atoms with Crippen LogP contribution >= 0.6 is 0 Å². The van der Waals surface area contributed by atoms with E-state index in [4.69, 9.17) is 5.73 Å². The second kappa shape index (κ2) is 4.72. The van der Waals surface area contributed by atoms with Gasteiger partial charge in [-0.15, -0.1) is 0 Å². The van der Waals surface area contributed by atoms with Crippen LogP contribution in [0.5, 0.6) is 0 Å². The minimum atomic E-state index is 0.205. The van der Waals surface area contributed by atoms with Gasteiger partial charge in [-0.1, -0.05) is 0 Å². The lowest BCUT2D eigenvalue weighted by Gasteiger charge is -2.22. The normalized spacial score (nSPS) is 35.0. The Labute approximate surface area is 97.8 Å². The molecule has 1 aliphatic carbocycles. The first-order valence-corrected chi connectivity index (χ1v) is 6.28. The van der Waals surface area contributed by atoms with Gasteiger partial charge in [-0.3, -0.25) is 4.79 Å². The quantitative estimate of drug-likeness (QED) is 0.734. The molecule has 1 saturated heterocycles. The zero-order valence-electron chi connectivity index (χ0n) is 10.4. The number of nitrogens with zero attached hydrogens (tertiary/aromatic N) is 2. The van der Waals surface area contributed by atoms with Gasteiger partial charge in [-0.2, -0.15) is 0 Å². The first-order valence-electron chi connectivity index (χ1n) is 6.28. The summed E-state index contributed by atoms with van der Waals surface area (Å²) >= 11 is 0. The molecule has 3 atom stereocenters. The Kier molecular flexibility index (Phi) is 3.50. The molecule has 2 aliphatic rings. The number of carbonyl (C=O) groups excluding carboxylic acids is 1. The number of likely N-dealkylation sites (tertiary alicyclic amines) is 1. The van der Waals surface area contributed by atoms with E-state index in [-0.39, 0.29) is 12.0 Å². The van der Waals surface area contributed by atoms with Crippen LogP contribution in [0, 0.1) is 5.92 Å². The van der Waals surface area contributed by atoms with Gasteiger partial charge >= 0.3 is 0 Å². The van der Waals surface area contributed by atoms with Gasteiger partial charge in [0.2, 0.25) is 5.91 Å². The van der Waals surface area contributed by atoms with Gasteiger partial charge in [0, 0.05) is 31.1 Å². The van der Waals surface area contributed by atoms with Crippen molar-refractivity contribution in [1.29, 1.82) is 0 Å². The molecule has 0 aromatic heterocycles. The fourth-order valence-electron chi connectivity index (χ4n) is 2.86. The fourth-order valence-corrected chi connectivity index (χ4v) is 2.86. The lowest BCUT2D eigenvalue weighted by molar-refractivity contribution is -0.134. The second-order valence-electron chi connectivity index (χ2n) is 5.46. The van der Waals surface area contributed by atoms with Crippen LogP contribution in [0.4, 0.5) is 0 Å². The Balaban J connectivity index is 1.87. The van der Waals surface area contributed by atoms with E-state index < -0.39 is 0 Å². The first-order chi connectivity index (χ1) is 7.58. The van der Waals surface area contributed by atoms with Crippen LogP contribution in [0.15, 0.2) is 0 Å². The zero-order valence-corrected chi connectivity index (χ0v) is 10.4. The van der Waals surface area contributed by atoms with Crippen LogP contribution in [0.1, 0.15) is 25.7 Å².